The molecule has 20 heavy (non-hydrogen) atoms. The summed E-state index contributed by atoms with van der Waals surface area (Å²) in [5, 5.41) is 18.8. The van der Waals surface area contributed by atoms with Gasteiger partial charge in [0.05, 0.1) is 0 Å². The number of rotatable bonds is 5. The number of nitrogens with zero attached hydrogens (tertiary/aromatic N) is 4. The van der Waals surface area contributed by atoms with Crippen molar-refractivity contribution in [3.05, 3.63) is 12.2 Å². The van der Waals surface area contributed by atoms with Gasteiger partial charge in [0, 0.05) is 20.0 Å². The number of carbonyl (C=O) groups excluding carboxylic acids is 1. The van der Waals surface area contributed by atoms with E-state index >= 15 is 0 Å². The Morgan fingerprint density at radius 3 is 2.90 bits per heavy atom. The smallest absolute Gasteiger partial charge is 0.233 e. The van der Waals surface area contributed by atoms with Crippen LogP contribution in [0.4, 0.5) is 0 Å². The fourth-order valence-electron chi connectivity index (χ4n) is 2.69. The Labute approximate surface area is 117 Å². The molecule has 0 atom stereocenters. The first-order chi connectivity index (χ1) is 9.48. The highest BCUT2D eigenvalue weighted by molar-refractivity contribution is 6.07. The van der Waals surface area contributed by atoms with Gasteiger partial charge in [0.25, 0.3) is 0 Å². The van der Waals surface area contributed by atoms with Gasteiger partial charge >= 0.3 is 0 Å². The van der Waals surface area contributed by atoms with Gasteiger partial charge in [-0.1, -0.05) is 12.1 Å². The Hall–Kier alpha value is -2.12. The van der Waals surface area contributed by atoms with E-state index in [0.29, 0.717) is 37.5 Å². The Morgan fingerprint density at radius 1 is 1.70 bits per heavy atom. The summed E-state index contributed by atoms with van der Waals surface area (Å²) in [6, 6.07) is 0. The molecule has 1 heterocycles. The molecule has 0 radical (unpaired) electrons. The van der Waals surface area contributed by atoms with Crippen LogP contribution in [-0.2, 0) is 18.3 Å². The number of oxime groups is 1. The zero-order chi connectivity index (χ0) is 14.8. The van der Waals surface area contributed by atoms with Crippen molar-refractivity contribution in [2.24, 2.45) is 29.3 Å². The molecule has 1 saturated carbocycles. The fraction of sp³-hybridized carbons (Fsp3) is 0.667. The molecule has 4 N–H and O–H groups in total. The van der Waals surface area contributed by atoms with Crippen molar-refractivity contribution < 1.29 is 10.0 Å². The highest BCUT2D eigenvalue weighted by Gasteiger charge is 2.51. The van der Waals surface area contributed by atoms with Gasteiger partial charge in [-0.15, -0.1) is 0 Å². The molecule has 1 amide bonds. The molecule has 8 heteroatoms. The Kier molecular flexibility index (Phi) is 3.91. The Morgan fingerprint density at radius 2 is 2.40 bits per heavy atom. The van der Waals surface area contributed by atoms with E-state index in [1.54, 1.807) is 18.1 Å². The van der Waals surface area contributed by atoms with Crippen LogP contribution in [0.2, 0.25) is 0 Å². The average Bonchev–Trinajstić information content (AvgIpc) is 2.79. The molecular formula is C12H20N6O2. The largest absolute Gasteiger partial charge is 0.409 e. The summed E-state index contributed by atoms with van der Waals surface area (Å²) in [5.74, 6) is 0.872. The highest BCUT2D eigenvalue weighted by Crippen LogP contribution is 2.45. The lowest BCUT2D eigenvalue weighted by Gasteiger charge is -2.43. The summed E-state index contributed by atoms with van der Waals surface area (Å²) in [5.41, 5.74) is 4.82. The third-order valence-electron chi connectivity index (χ3n) is 3.71. The van der Waals surface area contributed by atoms with Crippen LogP contribution in [0.25, 0.3) is 0 Å². The lowest BCUT2D eigenvalue weighted by atomic mass is 9.61. The van der Waals surface area contributed by atoms with Crippen molar-refractivity contribution in [1.82, 2.24) is 20.1 Å². The van der Waals surface area contributed by atoms with E-state index in [2.05, 4.69) is 20.6 Å². The quantitative estimate of drug-likeness (QED) is 0.294. The van der Waals surface area contributed by atoms with E-state index in [9.17, 15) is 4.79 Å². The molecule has 110 valence electrons. The fourth-order valence-corrected chi connectivity index (χ4v) is 2.69. The van der Waals surface area contributed by atoms with E-state index in [0.717, 1.165) is 0 Å². The van der Waals surface area contributed by atoms with Crippen LogP contribution < -0.4 is 11.1 Å². The normalized spacial score (nSPS) is 26.1. The topological polar surface area (TPSA) is 118 Å². The first-order valence-corrected chi connectivity index (χ1v) is 6.59. The van der Waals surface area contributed by atoms with Crippen molar-refractivity contribution in [1.29, 1.82) is 0 Å². The maximum absolute atomic E-state index is 12.3. The number of nitrogens with one attached hydrogen (secondary N) is 1. The average molecular weight is 280 g/mol. The summed E-state index contributed by atoms with van der Waals surface area (Å²) < 4.78 is 1.61. The predicted octanol–water partition coefficient (Wildman–Crippen LogP) is -0.363. The van der Waals surface area contributed by atoms with Crippen LogP contribution >= 0.6 is 0 Å². The van der Waals surface area contributed by atoms with Crippen LogP contribution in [0.1, 0.15) is 25.6 Å². The molecule has 8 nitrogen and oxygen atoms in total. The zero-order valence-corrected chi connectivity index (χ0v) is 11.7. The second-order valence-electron chi connectivity index (χ2n) is 5.42. The minimum atomic E-state index is -0.855. The lowest BCUT2D eigenvalue weighted by Crippen LogP contribution is -2.57. The molecule has 0 aromatic carbocycles. The first-order valence-electron chi connectivity index (χ1n) is 6.59. The van der Waals surface area contributed by atoms with Crippen molar-refractivity contribution >= 4 is 11.7 Å². The number of amides is 1. The van der Waals surface area contributed by atoms with Gasteiger partial charge in [-0.25, -0.2) is 4.98 Å². The molecule has 1 aliphatic carbocycles. The highest BCUT2D eigenvalue weighted by atomic mass is 16.4. The van der Waals surface area contributed by atoms with Gasteiger partial charge < -0.3 is 16.3 Å². The number of aryl methyl sites for hydroxylation is 1. The number of nitrogens with two attached hydrogens (primary N) is 1. The van der Waals surface area contributed by atoms with Crippen LogP contribution in [0.5, 0.6) is 0 Å². The van der Waals surface area contributed by atoms with Crippen LogP contribution in [0.15, 0.2) is 11.5 Å². The Bertz CT molecular complexity index is 518. The van der Waals surface area contributed by atoms with E-state index in [1.165, 1.54) is 0 Å². The van der Waals surface area contributed by atoms with Crippen LogP contribution in [-0.4, -0.2) is 38.3 Å². The molecule has 0 aliphatic heterocycles. The monoisotopic (exact) mass is 280 g/mol. The zero-order valence-electron chi connectivity index (χ0n) is 11.7. The number of amidine groups is 1. The van der Waals surface area contributed by atoms with Crippen molar-refractivity contribution in [2.75, 3.05) is 6.54 Å². The van der Waals surface area contributed by atoms with E-state index in [-0.39, 0.29) is 11.7 Å². The minimum Gasteiger partial charge on any atom is -0.409 e. The second kappa shape index (κ2) is 5.48. The molecule has 1 aliphatic rings. The third kappa shape index (κ3) is 2.59. The summed E-state index contributed by atoms with van der Waals surface area (Å²) in [6.45, 7) is 2.46. The van der Waals surface area contributed by atoms with Gasteiger partial charge in [-0.3, -0.25) is 9.48 Å². The molecule has 1 aromatic heterocycles. The van der Waals surface area contributed by atoms with E-state index < -0.39 is 5.41 Å². The van der Waals surface area contributed by atoms with Crippen molar-refractivity contribution in [2.45, 2.75) is 26.2 Å². The lowest BCUT2D eigenvalue weighted by molar-refractivity contribution is -0.133. The van der Waals surface area contributed by atoms with E-state index in [1.807, 2.05) is 6.92 Å². The molecule has 0 spiro atoms. The summed E-state index contributed by atoms with van der Waals surface area (Å²) in [7, 11) is 1.79. The number of hydrogen-bond donors (Lipinski definition) is 3. The molecule has 1 aromatic rings. The molecule has 0 bridgehead atoms. The van der Waals surface area contributed by atoms with Crippen LogP contribution in [0.3, 0.4) is 0 Å². The SMILES string of the molecule is CC1CC(C(=O)NCCc2ncn(C)n2)(C(N)=NO)C1. The number of carbonyl (C=O) groups is 1. The molecule has 0 unspecified atom stereocenters. The second-order valence-corrected chi connectivity index (χ2v) is 5.42. The van der Waals surface area contributed by atoms with Gasteiger partial charge in [-0.05, 0) is 18.8 Å². The standard InChI is InChI=1S/C12H20N6O2/c1-8-5-12(6-8,10(13)17-20)11(19)14-4-3-9-15-7-18(2)16-9/h7-8,20H,3-6H2,1-2H3,(H2,13,17)(H,14,19). The maximum atomic E-state index is 12.3. The number of aromatic nitrogens is 3. The van der Waals surface area contributed by atoms with Gasteiger partial charge in [0.1, 0.15) is 11.7 Å². The first kappa shape index (κ1) is 14.3. The third-order valence-corrected chi connectivity index (χ3v) is 3.71. The van der Waals surface area contributed by atoms with E-state index in [4.69, 9.17) is 10.9 Å². The molecule has 0 saturated heterocycles. The van der Waals surface area contributed by atoms with Crippen molar-refractivity contribution in [3.8, 4) is 0 Å². The van der Waals surface area contributed by atoms with Gasteiger partial charge in [0.15, 0.2) is 11.7 Å². The molecular weight excluding hydrogens is 260 g/mol. The molecule has 2 rings (SSSR count). The van der Waals surface area contributed by atoms with Crippen molar-refractivity contribution in [3.63, 3.8) is 0 Å². The summed E-state index contributed by atoms with van der Waals surface area (Å²) >= 11 is 0. The van der Waals surface area contributed by atoms with Gasteiger partial charge in [-0.2, -0.15) is 5.10 Å². The number of hydrogen-bond acceptors (Lipinski definition) is 5. The summed E-state index contributed by atoms with van der Waals surface area (Å²) in [4.78, 5) is 16.3. The minimum absolute atomic E-state index is 0.0101. The summed E-state index contributed by atoms with van der Waals surface area (Å²) in [6.07, 6.45) is 3.38. The maximum Gasteiger partial charge on any atom is 0.233 e. The molecule has 1 fully saturated rings. The predicted molar refractivity (Wildman–Crippen MR) is 72.0 cm³/mol. The van der Waals surface area contributed by atoms with Crippen LogP contribution in [0, 0.1) is 11.3 Å². The Balaban J connectivity index is 1.90. The van der Waals surface area contributed by atoms with Gasteiger partial charge in [0.2, 0.25) is 5.91 Å².